The normalized spacial score (nSPS) is 16.2. The highest BCUT2D eigenvalue weighted by Crippen LogP contribution is 2.25. The summed E-state index contributed by atoms with van der Waals surface area (Å²) in [6.45, 7) is 1.37. The quantitative estimate of drug-likeness (QED) is 0.581. The largest absolute Gasteiger partial charge is 0.376 e. The minimum atomic E-state index is -0.386. The highest BCUT2D eigenvalue weighted by atomic mass is 16.6. The Kier molecular flexibility index (Phi) is 4.09. The van der Waals surface area contributed by atoms with Crippen LogP contribution < -0.4 is 0 Å². The van der Waals surface area contributed by atoms with Crippen LogP contribution in [0.1, 0.15) is 31.2 Å². The molecule has 1 aliphatic rings. The Bertz CT molecular complexity index is 369. The molecule has 4 nitrogen and oxygen atoms in total. The molecule has 1 saturated carbocycles. The number of nitro benzene ring substituents is 1. The molecule has 0 spiro atoms. The first kappa shape index (κ1) is 12.0. The van der Waals surface area contributed by atoms with E-state index in [9.17, 15) is 10.1 Å². The third-order valence-corrected chi connectivity index (χ3v) is 3.24. The van der Waals surface area contributed by atoms with Crippen molar-refractivity contribution in [3.63, 3.8) is 0 Å². The minimum Gasteiger partial charge on any atom is -0.376 e. The Hall–Kier alpha value is -1.42. The predicted octanol–water partition coefficient (Wildman–Crippen LogP) is 3.30. The van der Waals surface area contributed by atoms with E-state index < -0.39 is 0 Å². The Labute approximate surface area is 101 Å². The molecule has 0 atom stereocenters. The first-order valence-electron chi connectivity index (χ1n) is 6.07. The van der Waals surface area contributed by atoms with Gasteiger partial charge >= 0.3 is 0 Å². The van der Waals surface area contributed by atoms with Gasteiger partial charge in [-0.2, -0.15) is 0 Å². The molecule has 4 heteroatoms. The zero-order valence-corrected chi connectivity index (χ0v) is 9.80. The van der Waals surface area contributed by atoms with Crippen LogP contribution in [0, 0.1) is 16.0 Å². The summed E-state index contributed by atoms with van der Waals surface area (Å²) in [6, 6.07) is 6.56. The van der Waals surface area contributed by atoms with Gasteiger partial charge in [0.15, 0.2) is 0 Å². The van der Waals surface area contributed by atoms with Crippen LogP contribution in [0.25, 0.3) is 0 Å². The van der Waals surface area contributed by atoms with Crippen LogP contribution in [0.3, 0.4) is 0 Å². The molecule has 0 bridgehead atoms. The zero-order valence-electron chi connectivity index (χ0n) is 9.80. The van der Waals surface area contributed by atoms with Crippen LogP contribution in [0.15, 0.2) is 24.3 Å². The molecule has 0 saturated heterocycles. The maximum absolute atomic E-state index is 10.5. The fraction of sp³-hybridized carbons (Fsp3) is 0.538. The highest BCUT2D eigenvalue weighted by molar-refractivity contribution is 5.32. The number of benzene rings is 1. The first-order chi connectivity index (χ1) is 8.25. The second-order valence-corrected chi connectivity index (χ2v) is 4.59. The fourth-order valence-electron chi connectivity index (χ4n) is 2.23. The number of rotatable bonds is 5. The lowest BCUT2D eigenvalue weighted by molar-refractivity contribution is -0.384. The van der Waals surface area contributed by atoms with Crippen molar-refractivity contribution in [1.29, 1.82) is 0 Å². The number of nitrogens with zero attached hydrogens (tertiary/aromatic N) is 1. The molecular weight excluding hydrogens is 218 g/mol. The molecule has 0 radical (unpaired) electrons. The van der Waals surface area contributed by atoms with Crippen LogP contribution in [-0.2, 0) is 11.3 Å². The lowest BCUT2D eigenvalue weighted by atomic mass is 10.1. The van der Waals surface area contributed by atoms with Crippen LogP contribution in [0.4, 0.5) is 5.69 Å². The highest BCUT2D eigenvalue weighted by Gasteiger charge is 2.14. The van der Waals surface area contributed by atoms with E-state index in [2.05, 4.69) is 0 Å². The number of non-ortho nitro benzene ring substituents is 1. The topological polar surface area (TPSA) is 52.4 Å². The third-order valence-electron chi connectivity index (χ3n) is 3.24. The summed E-state index contributed by atoms with van der Waals surface area (Å²) in [6.07, 6.45) is 5.21. The van der Waals surface area contributed by atoms with Gasteiger partial charge in [0, 0.05) is 18.7 Å². The van der Waals surface area contributed by atoms with E-state index in [4.69, 9.17) is 4.74 Å². The zero-order chi connectivity index (χ0) is 12.1. The molecule has 0 unspecified atom stereocenters. The smallest absolute Gasteiger partial charge is 0.269 e. The third kappa shape index (κ3) is 3.53. The average molecular weight is 235 g/mol. The second-order valence-electron chi connectivity index (χ2n) is 4.59. The molecule has 1 fully saturated rings. The van der Waals surface area contributed by atoms with Gasteiger partial charge in [-0.1, -0.05) is 12.8 Å². The molecule has 2 rings (SSSR count). The van der Waals surface area contributed by atoms with Crippen LogP contribution in [0.5, 0.6) is 0 Å². The van der Waals surface area contributed by atoms with Crippen molar-refractivity contribution in [2.24, 2.45) is 5.92 Å². The maximum Gasteiger partial charge on any atom is 0.269 e. The predicted molar refractivity (Wildman–Crippen MR) is 64.7 cm³/mol. The van der Waals surface area contributed by atoms with Gasteiger partial charge in [0.2, 0.25) is 0 Å². The summed E-state index contributed by atoms with van der Waals surface area (Å²) in [5, 5.41) is 10.5. The lowest BCUT2D eigenvalue weighted by Crippen LogP contribution is -2.05. The van der Waals surface area contributed by atoms with Gasteiger partial charge in [0.25, 0.3) is 5.69 Å². The van der Waals surface area contributed by atoms with Gasteiger partial charge in [-0.3, -0.25) is 10.1 Å². The summed E-state index contributed by atoms with van der Waals surface area (Å²) in [5.41, 5.74) is 1.12. The van der Waals surface area contributed by atoms with Crippen molar-refractivity contribution < 1.29 is 9.66 Å². The number of hydrogen-bond acceptors (Lipinski definition) is 3. The molecule has 0 N–H and O–H groups in total. The van der Waals surface area contributed by atoms with Crippen molar-refractivity contribution in [2.75, 3.05) is 6.61 Å². The summed E-state index contributed by atoms with van der Waals surface area (Å²) in [4.78, 5) is 10.1. The summed E-state index contributed by atoms with van der Waals surface area (Å²) >= 11 is 0. The van der Waals surface area contributed by atoms with Gasteiger partial charge in [0.05, 0.1) is 11.5 Å². The van der Waals surface area contributed by atoms with E-state index in [1.165, 1.54) is 37.8 Å². The van der Waals surface area contributed by atoms with Gasteiger partial charge in [-0.25, -0.2) is 0 Å². The van der Waals surface area contributed by atoms with E-state index in [-0.39, 0.29) is 10.6 Å². The number of nitro groups is 1. The molecule has 0 heterocycles. The number of hydrogen-bond donors (Lipinski definition) is 0. The average Bonchev–Trinajstić information content (AvgIpc) is 2.83. The molecular formula is C13H17NO3. The van der Waals surface area contributed by atoms with Crippen LogP contribution in [-0.4, -0.2) is 11.5 Å². The van der Waals surface area contributed by atoms with E-state index >= 15 is 0 Å². The monoisotopic (exact) mass is 235 g/mol. The Morgan fingerprint density at radius 2 is 1.88 bits per heavy atom. The molecule has 1 aromatic carbocycles. The Balaban J connectivity index is 1.76. The minimum absolute atomic E-state index is 0.129. The molecule has 0 aliphatic heterocycles. The Morgan fingerprint density at radius 1 is 1.24 bits per heavy atom. The molecule has 0 amide bonds. The Morgan fingerprint density at radius 3 is 2.47 bits per heavy atom. The maximum atomic E-state index is 10.5. The lowest BCUT2D eigenvalue weighted by Gasteiger charge is -2.09. The van der Waals surface area contributed by atoms with Crippen molar-refractivity contribution in [3.05, 3.63) is 39.9 Å². The van der Waals surface area contributed by atoms with E-state index in [0.717, 1.165) is 12.2 Å². The standard InChI is InChI=1S/C13H17NO3/c15-14(16)13-7-5-12(6-8-13)10-17-9-11-3-1-2-4-11/h5-8,11H,1-4,9-10H2. The van der Waals surface area contributed by atoms with E-state index in [1.807, 2.05) is 0 Å². The first-order valence-corrected chi connectivity index (χ1v) is 6.07. The summed E-state index contributed by atoms with van der Waals surface area (Å²) < 4.78 is 5.63. The summed E-state index contributed by atoms with van der Waals surface area (Å²) in [7, 11) is 0. The van der Waals surface area contributed by atoms with E-state index in [0.29, 0.717) is 12.5 Å². The number of ether oxygens (including phenoxy) is 1. The van der Waals surface area contributed by atoms with Crippen molar-refractivity contribution >= 4 is 5.69 Å². The van der Waals surface area contributed by atoms with Gasteiger partial charge in [0.1, 0.15) is 0 Å². The fourth-order valence-corrected chi connectivity index (χ4v) is 2.23. The molecule has 92 valence electrons. The van der Waals surface area contributed by atoms with Crippen molar-refractivity contribution in [3.8, 4) is 0 Å². The molecule has 17 heavy (non-hydrogen) atoms. The van der Waals surface area contributed by atoms with E-state index in [1.54, 1.807) is 12.1 Å². The van der Waals surface area contributed by atoms with Gasteiger partial charge < -0.3 is 4.74 Å². The molecule has 1 aromatic rings. The SMILES string of the molecule is O=[N+]([O-])c1ccc(COCC2CCCC2)cc1. The molecule has 1 aliphatic carbocycles. The van der Waals surface area contributed by atoms with Gasteiger partial charge in [-0.05, 0) is 36.5 Å². The second kappa shape index (κ2) is 5.77. The van der Waals surface area contributed by atoms with Crippen LogP contribution >= 0.6 is 0 Å². The van der Waals surface area contributed by atoms with Crippen molar-refractivity contribution in [2.45, 2.75) is 32.3 Å². The summed E-state index contributed by atoms with van der Waals surface area (Å²) in [5.74, 6) is 0.716. The molecule has 0 aromatic heterocycles. The van der Waals surface area contributed by atoms with Gasteiger partial charge in [-0.15, -0.1) is 0 Å². The van der Waals surface area contributed by atoms with Crippen molar-refractivity contribution in [1.82, 2.24) is 0 Å². The van der Waals surface area contributed by atoms with Crippen LogP contribution in [0.2, 0.25) is 0 Å².